The van der Waals surface area contributed by atoms with E-state index in [1.165, 1.54) is 50.1 Å². The van der Waals surface area contributed by atoms with Gasteiger partial charge in [-0.2, -0.15) is 0 Å². The number of benzene rings is 5. The summed E-state index contributed by atoms with van der Waals surface area (Å²) in [6, 6.07) is 30.9. The van der Waals surface area contributed by atoms with E-state index in [0.29, 0.717) is 47.3 Å². The predicted octanol–water partition coefficient (Wildman–Crippen LogP) is 19.5. The molecule has 0 unspecified atom stereocenters. The Hall–Kier alpha value is -5.82. The number of rotatable bonds is 17. The molecule has 0 aliphatic carbocycles. The van der Waals surface area contributed by atoms with Crippen molar-refractivity contribution >= 4 is 63.0 Å². The van der Waals surface area contributed by atoms with Crippen molar-refractivity contribution in [3.8, 4) is 0 Å². The number of hydrogen-bond donors (Lipinski definition) is 3. The van der Waals surface area contributed by atoms with Gasteiger partial charge in [0.25, 0.3) is 0 Å². The lowest BCUT2D eigenvalue weighted by molar-refractivity contribution is 0.811. The number of aliphatic imine (C=N–C) groups is 4. The van der Waals surface area contributed by atoms with E-state index in [9.17, 15) is 0 Å². The first-order chi connectivity index (χ1) is 33.0. The molecule has 7 nitrogen and oxygen atoms in total. The third-order valence-electron chi connectivity index (χ3n) is 13.2. The zero-order valence-corrected chi connectivity index (χ0v) is 46.7. The topological polar surface area (TPSA) is 85.5 Å². The van der Waals surface area contributed by atoms with Crippen LogP contribution in [0.25, 0.3) is 0 Å². The minimum absolute atomic E-state index is 0.311. The van der Waals surface area contributed by atoms with E-state index in [1.807, 2.05) is 0 Å². The smallest absolute Gasteiger partial charge is 0.104 e. The molecule has 0 bridgehead atoms. The quantitative estimate of drug-likeness (QED) is 0.0641. The van der Waals surface area contributed by atoms with Gasteiger partial charge in [-0.3, -0.25) is 4.99 Å². The number of hydrogen-bond acceptors (Lipinski definition) is 4. The van der Waals surface area contributed by atoms with Gasteiger partial charge >= 0.3 is 0 Å². The Morgan fingerprint density at radius 2 is 0.600 bits per heavy atom. The minimum atomic E-state index is 0.311. The van der Waals surface area contributed by atoms with E-state index in [4.69, 9.17) is 20.0 Å². The van der Waals surface area contributed by atoms with Crippen LogP contribution in [0, 0.1) is 0 Å². The molecule has 374 valence electrons. The summed E-state index contributed by atoms with van der Waals surface area (Å²) in [5.41, 5.74) is 18.9. The molecule has 0 atom stereocenters. The van der Waals surface area contributed by atoms with Gasteiger partial charge in [0.15, 0.2) is 0 Å². The average molecular weight is 942 g/mol. The fourth-order valence-electron chi connectivity index (χ4n) is 9.49. The Bertz CT molecular complexity index is 2610. The second-order valence-corrected chi connectivity index (χ2v) is 21.9. The maximum atomic E-state index is 5.54. The van der Waals surface area contributed by atoms with Gasteiger partial charge in [0, 0.05) is 12.1 Å². The first-order valence-electron chi connectivity index (χ1n) is 26.2. The fourth-order valence-corrected chi connectivity index (χ4v) is 9.49. The maximum absolute atomic E-state index is 5.54. The lowest BCUT2D eigenvalue weighted by Crippen LogP contribution is -2.15. The van der Waals surface area contributed by atoms with E-state index < -0.39 is 0 Å². The molecule has 5 aromatic carbocycles. The van der Waals surface area contributed by atoms with Crippen LogP contribution in [0.5, 0.6) is 0 Å². The van der Waals surface area contributed by atoms with Gasteiger partial charge in [-0.15, -0.1) is 0 Å². The minimum Gasteiger partial charge on any atom is -0.342 e. The molecule has 5 aromatic rings. The highest BCUT2D eigenvalue weighted by atomic mass is 15.1. The highest BCUT2D eigenvalue weighted by molar-refractivity contribution is 6.07. The van der Waals surface area contributed by atoms with E-state index >= 15 is 0 Å². The standard InChI is InChI=1S/C63H87N7/c1-36(2)48-25-21-26-49(37(3)4)56(48)33-44(17)64-57-34-59(66-46(19)69-62-52(40(9)10)29-23-30-53(62)41(11)12)60(67-47(20)70-63-54(42(13)14)31-24-32-55(63)43(15)16)35-58(57)65-45(18)68-61-50(38(5)6)27-22-28-51(61)39(7)8/h21-32,34-43H,33H2,1-20H3,(H,65,68)(H,66,69)(H,67,70). The number of amidine groups is 3. The average Bonchev–Trinajstić information content (AvgIpc) is 3.27. The van der Waals surface area contributed by atoms with Crippen molar-refractivity contribution in [3.63, 3.8) is 0 Å². The summed E-state index contributed by atoms with van der Waals surface area (Å²) < 4.78 is 0. The predicted molar refractivity (Wildman–Crippen MR) is 311 cm³/mol. The van der Waals surface area contributed by atoms with Crippen molar-refractivity contribution in [1.29, 1.82) is 0 Å². The summed E-state index contributed by atoms with van der Waals surface area (Å²) >= 11 is 0. The fraction of sp³-hybridized carbons (Fsp3) is 0.460. The van der Waals surface area contributed by atoms with Crippen molar-refractivity contribution in [1.82, 2.24) is 0 Å². The summed E-state index contributed by atoms with van der Waals surface area (Å²) in [5, 5.41) is 11.4. The SMILES string of the molecule is CC(Cc1c(C(C)C)cccc1C(C)C)=Nc1cc(NC(C)=Nc2c(C(C)C)cccc2C(C)C)c(NC(C)=Nc2c(C(C)C)cccc2C(C)C)cc1NC(C)=Nc1c(C(C)C)cccc1C(C)C. The van der Waals surface area contributed by atoms with Crippen molar-refractivity contribution in [2.45, 2.75) is 192 Å². The molecule has 3 N–H and O–H groups in total. The lowest BCUT2D eigenvalue weighted by Gasteiger charge is -2.22. The zero-order chi connectivity index (χ0) is 51.7. The monoisotopic (exact) mass is 942 g/mol. The van der Waals surface area contributed by atoms with Crippen LogP contribution in [0.15, 0.2) is 105 Å². The molecule has 7 heteroatoms. The van der Waals surface area contributed by atoms with Gasteiger partial charge in [0.1, 0.15) is 17.5 Å². The zero-order valence-electron chi connectivity index (χ0n) is 46.7. The van der Waals surface area contributed by atoms with Crippen molar-refractivity contribution < 1.29 is 0 Å². The lowest BCUT2D eigenvalue weighted by atomic mass is 9.86. The molecular weight excluding hydrogens is 855 g/mol. The van der Waals surface area contributed by atoms with Crippen LogP contribution in [-0.4, -0.2) is 23.2 Å². The van der Waals surface area contributed by atoms with Crippen LogP contribution in [-0.2, 0) is 6.42 Å². The van der Waals surface area contributed by atoms with Gasteiger partial charge in [-0.25, -0.2) is 15.0 Å². The molecule has 70 heavy (non-hydrogen) atoms. The summed E-state index contributed by atoms with van der Waals surface area (Å²) in [7, 11) is 0. The third-order valence-corrected chi connectivity index (χ3v) is 13.2. The van der Waals surface area contributed by atoms with Gasteiger partial charge in [-0.05, 0) is 137 Å². The molecule has 0 aliphatic rings. The van der Waals surface area contributed by atoms with Crippen LogP contribution < -0.4 is 16.0 Å². The molecule has 0 saturated heterocycles. The molecule has 0 fully saturated rings. The second-order valence-electron chi connectivity index (χ2n) is 21.9. The normalized spacial score (nSPS) is 13.1. The molecule has 0 radical (unpaired) electrons. The molecule has 5 rings (SSSR count). The van der Waals surface area contributed by atoms with Crippen molar-refractivity contribution in [2.24, 2.45) is 20.0 Å². The Morgan fingerprint density at radius 3 is 0.886 bits per heavy atom. The van der Waals surface area contributed by atoms with Gasteiger partial charge in [0.05, 0.1) is 39.8 Å². The second kappa shape index (κ2) is 24.3. The first kappa shape index (κ1) is 55.1. The summed E-state index contributed by atoms with van der Waals surface area (Å²) in [4.78, 5) is 21.7. The molecule has 0 aromatic heterocycles. The largest absolute Gasteiger partial charge is 0.342 e. The Balaban J connectivity index is 1.81. The van der Waals surface area contributed by atoms with Gasteiger partial charge < -0.3 is 16.0 Å². The number of nitrogens with one attached hydrogen (secondary N) is 3. The Morgan fingerprint density at radius 1 is 0.343 bits per heavy atom. The summed E-state index contributed by atoms with van der Waals surface area (Å²) in [5.74, 6) is 4.98. The molecule has 0 saturated carbocycles. The van der Waals surface area contributed by atoms with Crippen LogP contribution >= 0.6 is 0 Å². The first-order valence-corrected chi connectivity index (χ1v) is 26.2. The summed E-state index contributed by atoms with van der Waals surface area (Å²) in [6.45, 7) is 44.4. The summed E-state index contributed by atoms with van der Waals surface area (Å²) in [6.07, 6.45) is 0.736. The van der Waals surface area contributed by atoms with Crippen molar-refractivity contribution in [2.75, 3.05) is 16.0 Å². The number of anilines is 3. The maximum Gasteiger partial charge on any atom is 0.104 e. The van der Waals surface area contributed by atoms with Crippen LogP contribution in [0.1, 0.15) is 236 Å². The van der Waals surface area contributed by atoms with Crippen LogP contribution in [0.4, 0.5) is 39.8 Å². The molecule has 0 heterocycles. The van der Waals surface area contributed by atoms with E-state index in [0.717, 1.165) is 69.5 Å². The number of para-hydroxylation sites is 3. The molecule has 0 spiro atoms. The Kier molecular flexibility index (Phi) is 19.2. The van der Waals surface area contributed by atoms with E-state index in [2.05, 4.69) is 239 Å². The molecule has 0 aliphatic heterocycles. The van der Waals surface area contributed by atoms with Crippen LogP contribution in [0.3, 0.4) is 0 Å². The van der Waals surface area contributed by atoms with Gasteiger partial charge in [0.2, 0.25) is 0 Å². The van der Waals surface area contributed by atoms with E-state index in [1.54, 1.807) is 0 Å². The Labute approximate surface area is 424 Å². The molecule has 0 amide bonds. The number of nitrogens with zero attached hydrogens (tertiary/aromatic N) is 4. The highest BCUT2D eigenvalue weighted by Gasteiger charge is 2.21. The van der Waals surface area contributed by atoms with Crippen LogP contribution in [0.2, 0.25) is 0 Å². The van der Waals surface area contributed by atoms with E-state index in [-0.39, 0.29) is 0 Å². The van der Waals surface area contributed by atoms with Crippen molar-refractivity contribution in [3.05, 3.63) is 135 Å². The molecular formula is C63H87N7. The van der Waals surface area contributed by atoms with Gasteiger partial charge in [-0.1, -0.05) is 184 Å². The third kappa shape index (κ3) is 13.7. The highest BCUT2D eigenvalue weighted by Crippen LogP contribution is 2.41.